The molecule has 0 aliphatic rings. The summed E-state index contributed by atoms with van der Waals surface area (Å²) < 4.78 is 46.0. The lowest BCUT2D eigenvalue weighted by atomic mass is 10.1. The van der Waals surface area contributed by atoms with Crippen LogP contribution in [-0.2, 0) is 0 Å². The van der Waals surface area contributed by atoms with Crippen molar-refractivity contribution in [2.75, 3.05) is 0 Å². The van der Waals surface area contributed by atoms with E-state index in [2.05, 4.69) is 0 Å². The highest BCUT2D eigenvalue weighted by molar-refractivity contribution is 4.77. The molecule has 60 valence electrons. The Morgan fingerprint density at radius 1 is 1.40 bits per heavy atom. The molecule has 0 bridgehead atoms. The third-order valence-electron chi connectivity index (χ3n) is 1.14. The van der Waals surface area contributed by atoms with Gasteiger partial charge in [0.1, 0.15) is 0 Å². The lowest BCUT2D eigenvalue weighted by Gasteiger charge is -2.12. The summed E-state index contributed by atoms with van der Waals surface area (Å²) in [4.78, 5) is 0. The van der Waals surface area contributed by atoms with Crippen molar-refractivity contribution in [3.05, 3.63) is 12.4 Å². The minimum atomic E-state index is -4.21. The Balaban J connectivity index is 3.73. The van der Waals surface area contributed by atoms with Crippen molar-refractivity contribution in [1.29, 1.82) is 0 Å². The third-order valence-corrected chi connectivity index (χ3v) is 1.14. The molecule has 0 amide bonds. The van der Waals surface area contributed by atoms with Gasteiger partial charge in [-0.2, -0.15) is 13.2 Å². The molecule has 0 saturated carbocycles. The maximum absolute atomic E-state index is 11.6. The van der Waals surface area contributed by atoms with Crippen molar-refractivity contribution in [3.63, 3.8) is 0 Å². The molecule has 0 heterocycles. The van der Waals surface area contributed by atoms with E-state index in [-0.39, 0.29) is 12.8 Å². The van der Waals surface area contributed by atoms with Gasteiger partial charge in [-0.3, -0.25) is 0 Å². The Bertz CT molecular complexity index is 113. The Hall–Kier alpha value is -0.540. The molecular weight excluding hydrogens is 148 g/mol. The van der Waals surface area contributed by atoms with Crippen LogP contribution >= 0.6 is 0 Å². The summed E-state index contributed by atoms with van der Waals surface area (Å²) in [5.41, 5.74) is 0. The smallest absolute Gasteiger partial charge is 0.216 e. The summed E-state index contributed by atoms with van der Waals surface area (Å²) in [6, 6.07) is 0. The summed E-state index contributed by atoms with van der Waals surface area (Å²) in [6.07, 6.45) is -3.51. The quantitative estimate of drug-likeness (QED) is 0.539. The zero-order chi connectivity index (χ0) is 8.20. The fourth-order valence-corrected chi connectivity index (χ4v) is 0.389. The molecule has 0 aromatic rings. The van der Waals surface area contributed by atoms with Crippen molar-refractivity contribution in [3.8, 4) is 0 Å². The number of allylic oxidation sites excluding steroid dienone is 1. The molecule has 0 saturated heterocycles. The summed E-state index contributed by atoms with van der Waals surface area (Å²) >= 11 is 0. The van der Waals surface area contributed by atoms with Gasteiger partial charge < -0.3 is 0 Å². The molecule has 0 aliphatic heterocycles. The molecule has 0 aromatic heterocycles. The Labute approximate surface area is 56.5 Å². The van der Waals surface area contributed by atoms with E-state index in [1.807, 2.05) is 0 Å². The van der Waals surface area contributed by atoms with Crippen LogP contribution in [0, 0.1) is 5.92 Å². The first kappa shape index (κ1) is 9.46. The minimum Gasteiger partial charge on any atom is -0.216 e. The van der Waals surface area contributed by atoms with Crippen LogP contribution in [0.4, 0.5) is 17.6 Å². The van der Waals surface area contributed by atoms with Crippen molar-refractivity contribution >= 4 is 0 Å². The molecule has 0 N–H and O–H groups in total. The van der Waals surface area contributed by atoms with E-state index in [1.165, 1.54) is 0 Å². The van der Waals surface area contributed by atoms with Crippen LogP contribution in [0.3, 0.4) is 0 Å². The largest absolute Gasteiger partial charge is 0.391 e. The zero-order valence-corrected chi connectivity index (χ0v) is 5.45. The lowest BCUT2D eigenvalue weighted by Crippen LogP contribution is -2.18. The monoisotopic (exact) mass is 156 g/mol. The molecule has 0 fully saturated rings. The third kappa shape index (κ3) is 3.48. The molecule has 1 atom stereocenters. The highest BCUT2D eigenvalue weighted by atomic mass is 19.4. The molecule has 4 heteroatoms. The molecule has 0 rings (SSSR count). The van der Waals surface area contributed by atoms with E-state index in [0.717, 1.165) is 13.0 Å². The van der Waals surface area contributed by atoms with Gasteiger partial charge in [0.2, 0.25) is 0 Å². The predicted molar refractivity (Wildman–Crippen MR) is 30.1 cm³/mol. The van der Waals surface area contributed by atoms with Crippen molar-refractivity contribution in [2.24, 2.45) is 5.92 Å². The van der Waals surface area contributed by atoms with Gasteiger partial charge in [0, 0.05) is 0 Å². The van der Waals surface area contributed by atoms with Crippen LogP contribution in [0.15, 0.2) is 12.4 Å². The number of hydrogen-bond acceptors (Lipinski definition) is 0. The van der Waals surface area contributed by atoms with Crippen LogP contribution in [0.5, 0.6) is 0 Å². The van der Waals surface area contributed by atoms with E-state index >= 15 is 0 Å². The summed E-state index contributed by atoms with van der Waals surface area (Å²) in [7, 11) is 0. The SMILES string of the molecule is CC(CC=CF)C(F)(F)F. The molecule has 1 unspecified atom stereocenters. The Morgan fingerprint density at radius 3 is 2.20 bits per heavy atom. The first-order chi connectivity index (χ1) is 4.48. The van der Waals surface area contributed by atoms with E-state index in [4.69, 9.17) is 0 Å². The highest BCUT2D eigenvalue weighted by Gasteiger charge is 2.34. The average Bonchev–Trinajstić information content (AvgIpc) is 1.80. The zero-order valence-electron chi connectivity index (χ0n) is 5.45. The van der Waals surface area contributed by atoms with Gasteiger partial charge in [0.05, 0.1) is 12.2 Å². The van der Waals surface area contributed by atoms with Crippen molar-refractivity contribution in [1.82, 2.24) is 0 Å². The fourth-order valence-electron chi connectivity index (χ4n) is 0.389. The van der Waals surface area contributed by atoms with Crippen molar-refractivity contribution in [2.45, 2.75) is 19.5 Å². The second kappa shape index (κ2) is 3.58. The maximum Gasteiger partial charge on any atom is 0.391 e. The van der Waals surface area contributed by atoms with Crippen molar-refractivity contribution < 1.29 is 17.6 Å². The van der Waals surface area contributed by atoms with Crippen LogP contribution in [-0.4, -0.2) is 6.18 Å². The van der Waals surface area contributed by atoms with Gasteiger partial charge in [0.15, 0.2) is 0 Å². The Kier molecular flexibility index (Phi) is 3.39. The van der Waals surface area contributed by atoms with Gasteiger partial charge in [-0.1, -0.05) is 13.0 Å². The molecule has 0 radical (unpaired) electrons. The van der Waals surface area contributed by atoms with E-state index in [9.17, 15) is 17.6 Å². The van der Waals surface area contributed by atoms with Crippen LogP contribution in [0.2, 0.25) is 0 Å². The standard InChI is InChI=1S/C6H8F4/c1-5(3-2-4-7)6(8,9)10/h2,4-5H,3H2,1H3. The molecule has 10 heavy (non-hydrogen) atoms. The minimum absolute atomic E-state index is 0.127. The molecular formula is C6H8F4. The van der Waals surface area contributed by atoms with Crippen LogP contribution < -0.4 is 0 Å². The number of rotatable bonds is 2. The topological polar surface area (TPSA) is 0 Å². The van der Waals surface area contributed by atoms with Crippen LogP contribution in [0.25, 0.3) is 0 Å². The normalized spacial score (nSPS) is 16.1. The summed E-state index contributed by atoms with van der Waals surface area (Å²) in [5.74, 6) is -1.46. The number of halogens is 4. The summed E-state index contributed by atoms with van der Waals surface area (Å²) in [6.45, 7) is 1.01. The first-order valence-electron chi connectivity index (χ1n) is 2.80. The fraction of sp³-hybridized carbons (Fsp3) is 0.667. The highest BCUT2D eigenvalue weighted by Crippen LogP contribution is 2.28. The average molecular weight is 156 g/mol. The van der Waals surface area contributed by atoms with Gasteiger partial charge >= 0.3 is 6.18 Å². The number of alkyl halides is 3. The second-order valence-electron chi connectivity index (χ2n) is 2.04. The summed E-state index contributed by atoms with van der Waals surface area (Å²) in [5, 5.41) is 0. The van der Waals surface area contributed by atoms with Gasteiger partial charge in [0.25, 0.3) is 0 Å². The van der Waals surface area contributed by atoms with Gasteiger partial charge in [-0.25, -0.2) is 4.39 Å². The predicted octanol–water partition coefficient (Wildman–Crippen LogP) is 3.06. The van der Waals surface area contributed by atoms with Crippen LogP contribution in [0.1, 0.15) is 13.3 Å². The maximum atomic E-state index is 11.6. The second-order valence-corrected chi connectivity index (χ2v) is 2.04. The molecule has 0 nitrogen and oxygen atoms in total. The lowest BCUT2D eigenvalue weighted by molar-refractivity contribution is -0.168. The molecule has 0 spiro atoms. The van der Waals surface area contributed by atoms with Gasteiger partial charge in [-0.15, -0.1) is 0 Å². The van der Waals surface area contributed by atoms with Gasteiger partial charge in [-0.05, 0) is 6.42 Å². The first-order valence-corrected chi connectivity index (χ1v) is 2.80. The molecule has 0 aliphatic carbocycles. The van der Waals surface area contributed by atoms with E-state index in [1.54, 1.807) is 0 Å². The van der Waals surface area contributed by atoms with E-state index < -0.39 is 12.1 Å². The number of hydrogen-bond donors (Lipinski definition) is 0. The van der Waals surface area contributed by atoms with E-state index in [0.29, 0.717) is 0 Å². The Morgan fingerprint density at radius 2 is 1.90 bits per heavy atom. The molecule has 0 aromatic carbocycles.